The van der Waals surface area contributed by atoms with Crippen molar-refractivity contribution >= 4 is 38.7 Å². The summed E-state index contributed by atoms with van der Waals surface area (Å²) in [6, 6.07) is 13.5. The Balaban J connectivity index is 1.53. The number of aromatic nitrogens is 1. The lowest BCUT2D eigenvalue weighted by atomic mass is 10.0. The Hall–Kier alpha value is -3.74. The molecule has 5 rings (SSSR count). The number of hydrogen-bond acceptors (Lipinski definition) is 9. The second-order valence-electron chi connectivity index (χ2n) is 10.3. The largest absolute Gasteiger partial charge is 0.496 e. The van der Waals surface area contributed by atoms with Crippen molar-refractivity contribution in [2.24, 2.45) is 10.7 Å². The SMILES string of the molecule is COc1cc(N(C)CCN(C)C)ccc1C1(N)N=C(Nc2cccc3c2N(S(C)(=O)=O)CC3)c2cc[nH]c2N1. The van der Waals surface area contributed by atoms with E-state index in [1.807, 2.05) is 63.6 Å². The molecule has 12 heteroatoms. The first kappa shape index (κ1) is 26.9. The van der Waals surface area contributed by atoms with Crippen LogP contribution < -0.4 is 30.3 Å². The molecule has 1 atom stereocenters. The molecule has 1 unspecified atom stereocenters. The predicted molar refractivity (Wildman–Crippen MR) is 158 cm³/mol. The zero-order valence-electron chi connectivity index (χ0n) is 22.9. The normalized spacial score (nSPS) is 18.3. The highest BCUT2D eigenvalue weighted by atomic mass is 32.2. The van der Waals surface area contributed by atoms with Gasteiger partial charge in [-0.15, -0.1) is 0 Å². The first-order valence-electron chi connectivity index (χ1n) is 12.8. The van der Waals surface area contributed by atoms with E-state index >= 15 is 0 Å². The number of likely N-dealkylation sites (N-methyl/N-ethyl adjacent to an activating group) is 2. The van der Waals surface area contributed by atoms with Gasteiger partial charge in [-0.25, -0.2) is 13.4 Å². The molecule has 208 valence electrons. The Bertz CT molecular complexity index is 1520. The van der Waals surface area contributed by atoms with Crippen LogP contribution in [0.25, 0.3) is 0 Å². The summed E-state index contributed by atoms with van der Waals surface area (Å²) in [5, 5.41) is 6.72. The van der Waals surface area contributed by atoms with Crippen LogP contribution in [0.1, 0.15) is 16.7 Å². The van der Waals surface area contributed by atoms with E-state index in [9.17, 15) is 8.42 Å². The number of para-hydroxylation sites is 1. The molecule has 2 aromatic carbocycles. The number of nitrogens with one attached hydrogen (secondary N) is 3. The highest BCUT2D eigenvalue weighted by Gasteiger charge is 2.37. The molecule has 0 aliphatic carbocycles. The monoisotopic (exact) mass is 552 g/mol. The van der Waals surface area contributed by atoms with Crippen LogP contribution in [0, 0.1) is 0 Å². The molecule has 3 aromatic rings. The first-order valence-corrected chi connectivity index (χ1v) is 14.6. The van der Waals surface area contributed by atoms with Crippen molar-refractivity contribution in [1.29, 1.82) is 0 Å². The molecule has 5 N–H and O–H groups in total. The maximum absolute atomic E-state index is 12.5. The molecule has 0 spiro atoms. The minimum absolute atomic E-state index is 0.406. The molecule has 39 heavy (non-hydrogen) atoms. The lowest BCUT2D eigenvalue weighted by molar-refractivity contribution is 0.392. The van der Waals surface area contributed by atoms with Gasteiger partial charge in [-0.05, 0) is 50.3 Å². The number of hydrogen-bond donors (Lipinski definition) is 4. The number of nitrogens with zero attached hydrogens (tertiary/aromatic N) is 4. The number of benzene rings is 2. The van der Waals surface area contributed by atoms with Crippen molar-refractivity contribution in [3.63, 3.8) is 0 Å². The topological polar surface area (TPSA) is 131 Å². The van der Waals surface area contributed by atoms with Crippen molar-refractivity contribution in [2.45, 2.75) is 12.2 Å². The molecule has 0 radical (unpaired) electrons. The van der Waals surface area contributed by atoms with Crippen molar-refractivity contribution in [1.82, 2.24) is 9.88 Å². The smallest absolute Gasteiger partial charge is 0.232 e. The number of methoxy groups -OCH3 is 1. The molecule has 1 aromatic heterocycles. The molecule has 0 saturated heterocycles. The summed E-state index contributed by atoms with van der Waals surface area (Å²) in [5.74, 6) is 0.439. The van der Waals surface area contributed by atoms with Crippen molar-refractivity contribution in [2.75, 3.05) is 74.0 Å². The molecule has 0 fully saturated rings. The number of anilines is 4. The number of sulfonamides is 1. The lowest BCUT2D eigenvalue weighted by Crippen LogP contribution is -2.47. The number of ether oxygens (including phenoxy) is 1. The maximum atomic E-state index is 12.5. The quantitative estimate of drug-likeness (QED) is 0.335. The van der Waals surface area contributed by atoms with Crippen LogP contribution in [-0.2, 0) is 22.2 Å². The van der Waals surface area contributed by atoms with E-state index in [0.29, 0.717) is 47.3 Å². The third-order valence-electron chi connectivity index (χ3n) is 7.13. The first-order chi connectivity index (χ1) is 18.5. The average Bonchev–Trinajstić information content (AvgIpc) is 3.54. The van der Waals surface area contributed by atoms with Gasteiger partial charge in [-0.1, -0.05) is 12.1 Å². The van der Waals surface area contributed by atoms with Gasteiger partial charge < -0.3 is 30.2 Å². The van der Waals surface area contributed by atoms with Gasteiger partial charge in [0.25, 0.3) is 0 Å². The molecular weight excluding hydrogens is 516 g/mol. The maximum Gasteiger partial charge on any atom is 0.232 e. The number of amidine groups is 1. The van der Waals surface area contributed by atoms with Crippen molar-refractivity contribution in [3.8, 4) is 5.75 Å². The summed E-state index contributed by atoms with van der Waals surface area (Å²) in [4.78, 5) is 12.4. The van der Waals surface area contributed by atoms with Crippen LogP contribution in [-0.4, -0.2) is 78.3 Å². The third kappa shape index (κ3) is 5.14. The summed E-state index contributed by atoms with van der Waals surface area (Å²) < 4.78 is 32.3. The second-order valence-corrected chi connectivity index (χ2v) is 12.2. The van der Waals surface area contributed by atoms with Gasteiger partial charge in [-0.2, -0.15) is 0 Å². The Kier molecular flexibility index (Phi) is 6.95. The van der Waals surface area contributed by atoms with E-state index in [0.717, 1.165) is 29.9 Å². The zero-order chi connectivity index (χ0) is 27.9. The average molecular weight is 553 g/mol. The van der Waals surface area contributed by atoms with Crippen LogP contribution >= 0.6 is 0 Å². The number of H-pyrrole nitrogens is 1. The lowest BCUT2D eigenvalue weighted by Gasteiger charge is -2.34. The van der Waals surface area contributed by atoms with Crippen LogP contribution in [0.4, 0.5) is 22.9 Å². The summed E-state index contributed by atoms with van der Waals surface area (Å²) in [5.41, 5.74) is 11.6. The van der Waals surface area contributed by atoms with Gasteiger partial charge in [0.05, 0.1) is 35.9 Å². The third-order valence-corrected chi connectivity index (χ3v) is 8.30. The van der Waals surface area contributed by atoms with E-state index < -0.39 is 15.8 Å². The summed E-state index contributed by atoms with van der Waals surface area (Å²) >= 11 is 0. The molecule has 0 saturated carbocycles. The molecule has 11 nitrogen and oxygen atoms in total. The Morgan fingerprint density at radius 3 is 2.69 bits per heavy atom. The van der Waals surface area contributed by atoms with E-state index in [2.05, 4.69) is 25.4 Å². The van der Waals surface area contributed by atoms with Gasteiger partial charge >= 0.3 is 0 Å². The highest BCUT2D eigenvalue weighted by Crippen LogP contribution is 2.40. The number of nitrogens with two attached hydrogens (primary N) is 1. The second kappa shape index (κ2) is 10.1. The minimum atomic E-state index is -3.44. The van der Waals surface area contributed by atoms with E-state index in [1.165, 1.54) is 10.6 Å². The standard InChI is InChI=1S/C27H36N8O3S/c1-33(2)15-16-34(3)19-9-10-21(23(17-19)38-4)27(28)31-25-20(11-13-29-25)26(32-27)30-22-8-6-7-18-12-14-35(24(18)22)39(5,36)37/h6-11,13,17,29,31H,12,14-16,28H2,1-5H3,(H,30,32). The van der Waals surface area contributed by atoms with Gasteiger partial charge in [0.2, 0.25) is 15.8 Å². The van der Waals surface area contributed by atoms with Gasteiger partial charge in [-0.3, -0.25) is 10.0 Å². The molecule has 0 bridgehead atoms. The van der Waals surface area contributed by atoms with E-state index in [4.69, 9.17) is 15.5 Å². The number of rotatable bonds is 8. The van der Waals surface area contributed by atoms with E-state index in [1.54, 1.807) is 13.3 Å². The predicted octanol–water partition coefficient (Wildman–Crippen LogP) is 2.40. The Morgan fingerprint density at radius 1 is 1.18 bits per heavy atom. The van der Waals surface area contributed by atoms with Gasteiger partial charge in [0, 0.05) is 44.6 Å². The minimum Gasteiger partial charge on any atom is -0.496 e. The van der Waals surface area contributed by atoms with Crippen LogP contribution in [0.2, 0.25) is 0 Å². The van der Waals surface area contributed by atoms with Gasteiger partial charge in [0.15, 0.2) is 0 Å². The zero-order valence-corrected chi connectivity index (χ0v) is 23.8. The van der Waals surface area contributed by atoms with Crippen molar-refractivity contribution in [3.05, 3.63) is 65.4 Å². The van der Waals surface area contributed by atoms with Crippen LogP contribution in [0.15, 0.2) is 53.7 Å². The fourth-order valence-electron chi connectivity index (χ4n) is 5.04. The molecule has 2 aliphatic heterocycles. The summed E-state index contributed by atoms with van der Waals surface area (Å²) in [6.45, 7) is 2.17. The number of aromatic amines is 1. The van der Waals surface area contributed by atoms with Crippen LogP contribution in [0.3, 0.4) is 0 Å². The Morgan fingerprint density at radius 2 is 1.97 bits per heavy atom. The highest BCUT2D eigenvalue weighted by molar-refractivity contribution is 7.92. The fourth-order valence-corrected chi connectivity index (χ4v) is 6.01. The Labute approximate surface area is 229 Å². The number of aliphatic imine (C=N–C) groups is 1. The van der Waals surface area contributed by atoms with Crippen molar-refractivity contribution < 1.29 is 13.2 Å². The molecule has 2 aliphatic rings. The molecular formula is C27H36N8O3S. The molecule has 0 amide bonds. The summed E-state index contributed by atoms with van der Waals surface area (Å²) in [7, 11) is 4.31. The fraction of sp³-hybridized carbons (Fsp3) is 0.370. The van der Waals surface area contributed by atoms with Crippen LogP contribution in [0.5, 0.6) is 5.75 Å². The van der Waals surface area contributed by atoms with Gasteiger partial charge in [0.1, 0.15) is 17.4 Å². The van der Waals surface area contributed by atoms with E-state index in [-0.39, 0.29) is 0 Å². The number of fused-ring (bicyclic) bond motifs is 2. The molecule has 3 heterocycles. The summed E-state index contributed by atoms with van der Waals surface area (Å²) in [6.07, 6.45) is 3.68.